The van der Waals surface area contributed by atoms with E-state index in [4.69, 9.17) is 4.98 Å². The number of para-hydroxylation sites is 2. The van der Waals surface area contributed by atoms with E-state index in [1.54, 1.807) is 12.4 Å². The Bertz CT molecular complexity index is 1040. The van der Waals surface area contributed by atoms with E-state index in [-0.39, 0.29) is 11.9 Å². The Morgan fingerprint density at radius 3 is 2.55 bits per heavy atom. The molecule has 1 saturated heterocycles. The lowest BCUT2D eigenvalue weighted by Crippen LogP contribution is -2.48. The standard InChI is InChI=1S/C23H29N7O/c1-2-11-29-17-18(21-26-19-6-3-4-7-20(19)30(21)23(29)31)8-12-27-13-15-28(16-14-27)22-24-9-5-10-25-22/h3-7,9-10,18H,2,8,11-17H2,1H3. The molecule has 2 aromatic heterocycles. The van der Waals surface area contributed by atoms with Crippen molar-refractivity contribution in [3.8, 4) is 0 Å². The summed E-state index contributed by atoms with van der Waals surface area (Å²) in [6.07, 6.45) is 5.56. The van der Waals surface area contributed by atoms with Gasteiger partial charge in [-0.3, -0.25) is 4.90 Å². The van der Waals surface area contributed by atoms with Gasteiger partial charge in [-0.1, -0.05) is 19.1 Å². The molecule has 0 spiro atoms. The lowest BCUT2D eigenvalue weighted by atomic mass is 10.0. The van der Waals surface area contributed by atoms with Gasteiger partial charge in [0, 0.05) is 57.6 Å². The number of anilines is 1. The number of imidazole rings is 1. The average Bonchev–Trinajstić information content (AvgIpc) is 3.21. The molecule has 0 bridgehead atoms. The van der Waals surface area contributed by atoms with Gasteiger partial charge in [0.15, 0.2) is 0 Å². The van der Waals surface area contributed by atoms with E-state index in [0.717, 1.165) is 81.5 Å². The van der Waals surface area contributed by atoms with Crippen molar-refractivity contribution in [1.82, 2.24) is 29.3 Å². The molecule has 162 valence electrons. The van der Waals surface area contributed by atoms with Crippen LogP contribution in [0.15, 0.2) is 42.7 Å². The first-order valence-electron chi connectivity index (χ1n) is 11.3. The number of piperazine rings is 1. The number of fused-ring (bicyclic) bond motifs is 3. The molecule has 31 heavy (non-hydrogen) atoms. The van der Waals surface area contributed by atoms with Crippen LogP contribution in [0.4, 0.5) is 10.7 Å². The molecule has 1 aromatic carbocycles. The second kappa shape index (κ2) is 8.63. The quantitative estimate of drug-likeness (QED) is 0.612. The lowest BCUT2D eigenvalue weighted by molar-refractivity contribution is 0.177. The highest BCUT2D eigenvalue weighted by Crippen LogP contribution is 2.30. The first kappa shape index (κ1) is 19.9. The molecule has 8 nitrogen and oxygen atoms in total. The van der Waals surface area contributed by atoms with Gasteiger partial charge in [0.25, 0.3) is 0 Å². The van der Waals surface area contributed by atoms with E-state index in [1.165, 1.54) is 0 Å². The predicted molar refractivity (Wildman–Crippen MR) is 120 cm³/mol. The molecule has 0 aliphatic carbocycles. The molecule has 0 N–H and O–H groups in total. The minimum absolute atomic E-state index is 0.0678. The number of hydrogen-bond donors (Lipinski definition) is 0. The molecule has 1 atom stereocenters. The molecular formula is C23H29N7O. The van der Waals surface area contributed by atoms with Gasteiger partial charge in [0.2, 0.25) is 5.95 Å². The van der Waals surface area contributed by atoms with Crippen molar-refractivity contribution in [3.63, 3.8) is 0 Å². The third kappa shape index (κ3) is 3.87. The van der Waals surface area contributed by atoms with Crippen molar-refractivity contribution >= 4 is 23.0 Å². The van der Waals surface area contributed by atoms with Crippen LogP contribution in [-0.4, -0.2) is 81.2 Å². The molecule has 0 saturated carbocycles. The van der Waals surface area contributed by atoms with Crippen LogP contribution in [0.2, 0.25) is 0 Å². The van der Waals surface area contributed by atoms with E-state index in [2.05, 4.69) is 26.7 Å². The Morgan fingerprint density at radius 1 is 1.00 bits per heavy atom. The van der Waals surface area contributed by atoms with Gasteiger partial charge < -0.3 is 9.80 Å². The number of carbonyl (C=O) groups excluding carboxylic acids is 1. The topological polar surface area (TPSA) is 70.4 Å². The number of nitrogens with zero attached hydrogens (tertiary/aromatic N) is 7. The summed E-state index contributed by atoms with van der Waals surface area (Å²) in [5, 5.41) is 0. The van der Waals surface area contributed by atoms with Gasteiger partial charge in [0.1, 0.15) is 5.82 Å². The maximum atomic E-state index is 13.1. The highest BCUT2D eigenvalue weighted by Gasteiger charge is 2.34. The number of hydrogen-bond acceptors (Lipinski definition) is 6. The molecule has 8 heteroatoms. The van der Waals surface area contributed by atoms with E-state index >= 15 is 0 Å². The first-order valence-corrected chi connectivity index (χ1v) is 11.3. The summed E-state index contributed by atoms with van der Waals surface area (Å²) in [4.78, 5) is 33.5. The molecule has 5 rings (SSSR count). The highest BCUT2D eigenvalue weighted by molar-refractivity contribution is 5.91. The molecule has 1 unspecified atom stereocenters. The Morgan fingerprint density at radius 2 is 1.77 bits per heavy atom. The minimum atomic E-state index is 0.0678. The highest BCUT2D eigenvalue weighted by atomic mass is 16.2. The Balaban J connectivity index is 1.28. The second-order valence-electron chi connectivity index (χ2n) is 8.39. The van der Waals surface area contributed by atoms with Crippen LogP contribution in [0, 0.1) is 0 Å². The average molecular weight is 420 g/mol. The van der Waals surface area contributed by atoms with E-state index in [1.807, 2.05) is 39.8 Å². The van der Waals surface area contributed by atoms with Crippen molar-refractivity contribution in [3.05, 3.63) is 48.5 Å². The largest absolute Gasteiger partial charge is 0.338 e. The predicted octanol–water partition coefficient (Wildman–Crippen LogP) is 2.82. The fourth-order valence-electron chi connectivity index (χ4n) is 4.73. The third-order valence-corrected chi connectivity index (χ3v) is 6.35. The molecule has 3 aromatic rings. The van der Waals surface area contributed by atoms with Crippen molar-refractivity contribution < 1.29 is 4.79 Å². The van der Waals surface area contributed by atoms with Crippen molar-refractivity contribution in [2.75, 3.05) is 50.7 Å². The Kier molecular flexibility index (Phi) is 5.55. The Labute approximate surface area is 182 Å². The summed E-state index contributed by atoms with van der Waals surface area (Å²) in [5.74, 6) is 2.00. The van der Waals surface area contributed by atoms with E-state index < -0.39 is 0 Å². The number of rotatable bonds is 6. The molecule has 2 aliphatic heterocycles. The molecule has 2 aliphatic rings. The summed E-state index contributed by atoms with van der Waals surface area (Å²) in [5.41, 5.74) is 1.83. The van der Waals surface area contributed by atoms with Gasteiger partial charge in [-0.15, -0.1) is 0 Å². The van der Waals surface area contributed by atoms with E-state index in [0.29, 0.717) is 0 Å². The van der Waals surface area contributed by atoms with Gasteiger partial charge in [-0.2, -0.15) is 0 Å². The van der Waals surface area contributed by atoms with Gasteiger partial charge in [-0.05, 0) is 37.6 Å². The summed E-state index contributed by atoms with van der Waals surface area (Å²) in [7, 11) is 0. The van der Waals surface area contributed by atoms with Crippen LogP contribution in [0.3, 0.4) is 0 Å². The lowest BCUT2D eigenvalue weighted by Gasteiger charge is -2.37. The van der Waals surface area contributed by atoms with Crippen molar-refractivity contribution in [2.24, 2.45) is 0 Å². The van der Waals surface area contributed by atoms with Crippen molar-refractivity contribution in [1.29, 1.82) is 0 Å². The smallest absolute Gasteiger partial charge is 0.330 e. The second-order valence-corrected chi connectivity index (χ2v) is 8.39. The number of aromatic nitrogens is 4. The third-order valence-electron chi connectivity index (χ3n) is 6.35. The monoisotopic (exact) mass is 419 g/mol. The summed E-state index contributed by atoms with van der Waals surface area (Å²) >= 11 is 0. The molecule has 4 heterocycles. The van der Waals surface area contributed by atoms with Crippen LogP contribution in [0.1, 0.15) is 31.5 Å². The van der Waals surface area contributed by atoms with E-state index in [9.17, 15) is 4.79 Å². The molecule has 1 amide bonds. The van der Waals surface area contributed by atoms with Gasteiger partial charge in [0.05, 0.1) is 11.0 Å². The molecular weight excluding hydrogens is 390 g/mol. The molecule has 1 fully saturated rings. The first-order chi connectivity index (χ1) is 15.2. The zero-order valence-electron chi connectivity index (χ0n) is 18.0. The normalized spacial score (nSPS) is 19.8. The Hall–Kier alpha value is -3.00. The fraction of sp³-hybridized carbons (Fsp3) is 0.478. The summed E-state index contributed by atoms with van der Waals surface area (Å²) < 4.78 is 1.85. The maximum Gasteiger partial charge on any atom is 0.330 e. The van der Waals surface area contributed by atoms with Crippen LogP contribution in [-0.2, 0) is 0 Å². The van der Waals surface area contributed by atoms with Crippen LogP contribution in [0.5, 0.6) is 0 Å². The zero-order chi connectivity index (χ0) is 21.2. The summed E-state index contributed by atoms with van der Waals surface area (Å²) in [6, 6.07) is 9.89. The number of amides is 1. The van der Waals surface area contributed by atoms with Crippen LogP contribution < -0.4 is 4.90 Å². The summed E-state index contributed by atoms with van der Waals surface area (Å²) in [6.45, 7) is 8.55. The minimum Gasteiger partial charge on any atom is -0.338 e. The molecule has 0 radical (unpaired) electrons. The van der Waals surface area contributed by atoms with Gasteiger partial charge >= 0.3 is 6.03 Å². The number of carbonyl (C=O) groups is 1. The zero-order valence-corrected chi connectivity index (χ0v) is 18.0. The van der Waals surface area contributed by atoms with Crippen LogP contribution in [0.25, 0.3) is 11.0 Å². The van der Waals surface area contributed by atoms with Crippen LogP contribution >= 0.6 is 0 Å². The fourth-order valence-corrected chi connectivity index (χ4v) is 4.73. The van der Waals surface area contributed by atoms with Gasteiger partial charge in [-0.25, -0.2) is 24.3 Å². The maximum absolute atomic E-state index is 13.1. The SMILES string of the molecule is CCCN1CC(CCN2CCN(c3ncccn3)CC2)c2nc3ccccc3n2C1=O. The van der Waals surface area contributed by atoms with Crippen molar-refractivity contribution in [2.45, 2.75) is 25.7 Å². The number of benzene rings is 1.